The van der Waals surface area contributed by atoms with Crippen molar-refractivity contribution in [2.45, 2.75) is 49.3 Å². The van der Waals surface area contributed by atoms with E-state index in [1.54, 1.807) is 7.11 Å². The van der Waals surface area contributed by atoms with Crippen molar-refractivity contribution in [3.05, 3.63) is 29.3 Å². The average molecular weight is 277 g/mol. The molecule has 19 heavy (non-hydrogen) atoms. The maximum absolute atomic E-state index is 6.63. The summed E-state index contributed by atoms with van der Waals surface area (Å²) in [5, 5.41) is 0.575. The van der Waals surface area contributed by atoms with Crippen molar-refractivity contribution >= 4 is 11.8 Å². The van der Waals surface area contributed by atoms with Gasteiger partial charge in [-0.2, -0.15) is 11.8 Å². The molecule has 0 amide bonds. The molecule has 2 aliphatic rings. The lowest BCUT2D eigenvalue weighted by Crippen LogP contribution is -2.54. The van der Waals surface area contributed by atoms with Gasteiger partial charge in [0.25, 0.3) is 0 Å². The number of thioether (sulfide) groups is 1. The third-order valence-corrected chi connectivity index (χ3v) is 6.32. The molecule has 1 aromatic carbocycles. The average Bonchev–Trinajstić information content (AvgIpc) is 2.43. The van der Waals surface area contributed by atoms with Crippen LogP contribution in [0.15, 0.2) is 18.2 Å². The summed E-state index contributed by atoms with van der Waals surface area (Å²) >= 11 is 2.08. The van der Waals surface area contributed by atoms with Crippen LogP contribution < -0.4 is 10.5 Å². The minimum atomic E-state index is 0.111. The van der Waals surface area contributed by atoms with Gasteiger partial charge in [-0.25, -0.2) is 0 Å². The monoisotopic (exact) mass is 277 g/mol. The lowest BCUT2D eigenvalue weighted by atomic mass is 9.65. The second-order valence-electron chi connectivity index (χ2n) is 6.04. The van der Waals surface area contributed by atoms with Crippen LogP contribution in [0.4, 0.5) is 0 Å². The molecule has 0 aromatic heterocycles. The minimum Gasteiger partial charge on any atom is -0.497 e. The molecule has 0 spiro atoms. The molecular weight excluding hydrogens is 254 g/mol. The van der Waals surface area contributed by atoms with E-state index in [9.17, 15) is 0 Å². The van der Waals surface area contributed by atoms with Crippen LogP contribution >= 0.6 is 11.8 Å². The Kier molecular flexibility index (Phi) is 3.52. The summed E-state index contributed by atoms with van der Waals surface area (Å²) in [6, 6.07) is 6.81. The van der Waals surface area contributed by atoms with Gasteiger partial charge >= 0.3 is 0 Å². The van der Waals surface area contributed by atoms with E-state index in [1.165, 1.54) is 36.1 Å². The Morgan fingerprint density at radius 2 is 2.21 bits per heavy atom. The third kappa shape index (κ3) is 2.17. The normalized spacial score (nSPS) is 34.1. The highest BCUT2D eigenvalue weighted by molar-refractivity contribution is 7.99. The number of hydrogen-bond acceptors (Lipinski definition) is 3. The number of benzene rings is 1. The maximum atomic E-state index is 6.63. The lowest BCUT2D eigenvalue weighted by Gasteiger charge is -2.47. The largest absolute Gasteiger partial charge is 0.497 e. The standard InChI is InChI=1S/C16H23NOS/c1-16-7-3-4-8-19-14(15(16)17)9-11-5-6-12(18-2)10-13(11)16/h5-6,10,14-15H,3-4,7-9,17H2,1-2H3/t14-,15+,16-/m1/s1. The van der Waals surface area contributed by atoms with Crippen molar-refractivity contribution in [1.29, 1.82) is 0 Å². The molecule has 104 valence electrons. The minimum absolute atomic E-state index is 0.111. The second kappa shape index (κ2) is 5.02. The molecule has 1 fully saturated rings. The molecule has 3 rings (SSSR count). The van der Waals surface area contributed by atoms with Crippen LogP contribution in [0, 0.1) is 0 Å². The van der Waals surface area contributed by atoms with Gasteiger partial charge in [0.1, 0.15) is 5.75 Å². The summed E-state index contributed by atoms with van der Waals surface area (Å²) in [4.78, 5) is 0. The van der Waals surface area contributed by atoms with Crippen LogP contribution in [0.25, 0.3) is 0 Å². The summed E-state index contributed by atoms with van der Waals surface area (Å²) in [6.07, 6.45) is 4.91. The molecule has 2 N–H and O–H groups in total. The number of fused-ring (bicyclic) bond motifs is 4. The smallest absolute Gasteiger partial charge is 0.119 e. The van der Waals surface area contributed by atoms with Gasteiger partial charge in [-0.1, -0.05) is 19.4 Å². The summed E-state index contributed by atoms with van der Waals surface area (Å²) < 4.78 is 5.41. The molecule has 1 aliphatic heterocycles. The number of rotatable bonds is 1. The van der Waals surface area contributed by atoms with Gasteiger partial charge in [0.05, 0.1) is 7.11 Å². The molecule has 2 bridgehead atoms. The fourth-order valence-electron chi connectivity index (χ4n) is 3.62. The third-order valence-electron chi connectivity index (χ3n) is 4.91. The molecule has 1 saturated heterocycles. The Morgan fingerprint density at radius 3 is 3.00 bits per heavy atom. The van der Waals surface area contributed by atoms with E-state index in [1.807, 2.05) is 0 Å². The Labute approximate surface area is 120 Å². The number of ether oxygens (including phenoxy) is 1. The van der Waals surface area contributed by atoms with Crippen molar-refractivity contribution in [3.63, 3.8) is 0 Å². The fourth-order valence-corrected chi connectivity index (χ4v) is 5.10. The summed E-state index contributed by atoms with van der Waals surface area (Å²) in [7, 11) is 1.74. The summed E-state index contributed by atoms with van der Waals surface area (Å²) in [6.45, 7) is 2.36. The molecule has 0 unspecified atom stereocenters. The Bertz CT molecular complexity index is 476. The van der Waals surface area contributed by atoms with Crippen molar-refractivity contribution in [3.8, 4) is 5.75 Å². The second-order valence-corrected chi connectivity index (χ2v) is 7.38. The van der Waals surface area contributed by atoms with Crippen molar-refractivity contribution in [1.82, 2.24) is 0 Å². The van der Waals surface area contributed by atoms with Crippen molar-refractivity contribution in [2.24, 2.45) is 5.73 Å². The van der Waals surface area contributed by atoms with Crippen LogP contribution in [0.2, 0.25) is 0 Å². The van der Waals surface area contributed by atoms with Gasteiger partial charge < -0.3 is 10.5 Å². The highest BCUT2D eigenvalue weighted by Gasteiger charge is 2.44. The van der Waals surface area contributed by atoms with Crippen LogP contribution in [0.3, 0.4) is 0 Å². The van der Waals surface area contributed by atoms with Crippen LogP contribution in [-0.2, 0) is 11.8 Å². The molecule has 2 nitrogen and oxygen atoms in total. The number of nitrogens with two attached hydrogens (primary N) is 1. The zero-order valence-corrected chi connectivity index (χ0v) is 12.6. The topological polar surface area (TPSA) is 35.2 Å². The maximum Gasteiger partial charge on any atom is 0.119 e. The Hall–Kier alpha value is -0.670. The van der Waals surface area contributed by atoms with E-state index in [0.717, 1.165) is 12.2 Å². The van der Waals surface area contributed by atoms with Crippen LogP contribution in [-0.4, -0.2) is 24.2 Å². The first kappa shape index (κ1) is 13.3. The molecule has 3 atom stereocenters. The van der Waals surface area contributed by atoms with E-state index in [0.29, 0.717) is 5.25 Å². The van der Waals surface area contributed by atoms with E-state index in [-0.39, 0.29) is 11.5 Å². The van der Waals surface area contributed by atoms with E-state index < -0.39 is 0 Å². The zero-order valence-electron chi connectivity index (χ0n) is 11.8. The van der Waals surface area contributed by atoms with Gasteiger partial charge in [0.15, 0.2) is 0 Å². The molecule has 1 heterocycles. The lowest BCUT2D eigenvalue weighted by molar-refractivity contribution is 0.305. The van der Waals surface area contributed by atoms with Gasteiger partial charge in [-0.15, -0.1) is 0 Å². The van der Waals surface area contributed by atoms with Gasteiger partial charge in [-0.05, 0) is 48.3 Å². The molecule has 3 heteroatoms. The SMILES string of the molecule is COc1ccc2c(c1)[C@@]1(C)CCCCS[C@H](C2)[C@@H]1N. The predicted octanol–water partition coefficient (Wildman–Crippen LogP) is 3.12. The van der Waals surface area contributed by atoms with Crippen molar-refractivity contribution in [2.75, 3.05) is 12.9 Å². The van der Waals surface area contributed by atoms with Gasteiger partial charge in [0.2, 0.25) is 0 Å². The first-order valence-corrected chi connectivity index (χ1v) is 8.24. The predicted molar refractivity (Wildman–Crippen MR) is 82.1 cm³/mol. The van der Waals surface area contributed by atoms with E-state index in [2.05, 4.69) is 36.9 Å². The first-order valence-electron chi connectivity index (χ1n) is 7.20. The molecule has 1 aromatic rings. The van der Waals surface area contributed by atoms with Crippen molar-refractivity contribution < 1.29 is 4.74 Å². The molecular formula is C16H23NOS. The Balaban J connectivity index is 2.09. The highest BCUT2D eigenvalue weighted by atomic mass is 32.2. The van der Waals surface area contributed by atoms with Gasteiger partial charge in [0, 0.05) is 16.7 Å². The van der Waals surface area contributed by atoms with Gasteiger partial charge in [-0.3, -0.25) is 0 Å². The van der Waals surface area contributed by atoms with E-state index in [4.69, 9.17) is 10.5 Å². The van der Waals surface area contributed by atoms with Crippen LogP contribution in [0.5, 0.6) is 5.75 Å². The molecule has 0 radical (unpaired) electrons. The van der Waals surface area contributed by atoms with E-state index >= 15 is 0 Å². The quantitative estimate of drug-likeness (QED) is 0.856. The number of hydrogen-bond donors (Lipinski definition) is 1. The highest BCUT2D eigenvalue weighted by Crippen LogP contribution is 2.46. The Morgan fingerprint density at radius 1 is 1.37 bits per heavy atom. The first-order chi connectivity index (χ1) is 9.15. The summed E-state index contributed by atoms with van der Waals surface area (Å²) in [5.74, 6) is 2.22. The molecule has 1 aliphatic carbocycles. The molecule has 0 saturated carbocycles. The fraction of sp³-hybridized carbons (Fsp3) is 0.625. The zero-order chi connectivity index (χ0) is 13.5. The van der Waals surface area contributed by atoms with Crippen LogP contribution in [0.1, 0.15) is 37.3 Å². The number of methoxy groups -OCH3 is 1. The summed E-state index contributed by atoms with van der Waals surface area (Å²) in [5.41, 5.74) is 9.65.